The van der Waals surface area contributed by atoms with Crippen LogP contribution in [0, 0.1) is 0 Å². The molecular formula is C20H24N2O6S. The second-order valence-corrected chi connectivity index (χ2v) is 8.46. The molecule has 0 atom stereocenters. The number of rotatable bonds is 8. The molecule has 0 aliphatic rings. The molecule has 29 heavy (non-hydrogen) atoms. The number of hydrogen-bond acceptors (Lipinski definition) is 6. The Bertz CT molecular complexity index is 988. The van der Waals surface area contributed by atoms with Crippen LogP contribution in [0.5, 0.6) is 5.75 Å². The first-order valence-corrected chi connectivity index (χ1v) is 10.3. The molecule has 2 aromatic carbocycles. The van der Waals surface area contributed by atoms with E-state index in [1.165, 1.54) is 42.7 Å². The van der Waals surface area contributed by atoms with Crippen LogP contribution in [-0.2, 0) is 19.6 Å². The first-order chi connectivity index (χ1) is 13.7. The number of sulfonamides is 1. The van der Waals surface area contributed by atoms with Gasteiger partial charge < -0.3 is 14.8 Å². The van der Waals surface area contributed by atoms with Crippen molar-refractivity contribution in [2.24, 2.45) is 0 Å². The van der Waals surface area contributed by atoms with Crippen LogP contribution in [-0.4, -0.2) is 51.4 Å². The summed E-state index contributed by atoms with van der Waals surface area (Å²) >= 11 is 0. The van der Waals surface area contributed by atoms with Crippen LogP contribution in [0.25, 0.3) is 0 Å². The third-order valence-electron chi connectivity index (χ3n) is 4.19. The van der Waals surface area contributed by atoms with Crippen LogP contribution in [0.4, 0.5) is 5.69 Å². The summed E-state index contributed by atoms with van der Waals surface area (Å²) in [5.74, 6) is -0.880. The van der Waals surface area contributed by atoms with E-state index in [2.05, 4.69) is 5.32 Å². The Balaban J connectivity index is 2.05. The Morgan fingerprint density at radius 1 is 1.10 bits per heavy atom. The van der Waals surface area contributed by atoms with E-state index < -0.39 is 28.5 Å². The number of ether oxygens (including phenoxy) is 2. The molecule has 156 valence electrons. The Hall–Kier alpha value is -2.91. The van der Waals surface area contributed by atoms with Gasteiger partial charge in [0.2, 0.25) is 10.0 Å². The third kappa shape index (κ3) is 5.55. The second-order valence-electron chi connectivity index (χ2n) is 6.47. The van der Waals surface area contributed by atoms with E-state index in [1.807, 2.05) is 0 Å². The number of carbonyl (C=O) groups excluding carboxylic acids is 2. The summed E-state index contributed by atoms with van der Waals surface area (Å²) in [6.07, 6.45) is 0. The third-order valence-corrected chi connectivity index (χ3v) is 6.22. The summed E-state index contributed by atoms with van der Waals surface area (Å²) in [6.45, 7) is 2.96. The summed E-state index contributed by atoms with van der Waals surface area (Å²) < 4.78 is 36.5. The molecule has 0 saturated carbocycles. The average molecular weight is 420 g/mol. The van der Waals surface area contributed by atoms with Crippen LogP contribution in [0.15, 0.2) is 53.4 Å². The maximum atomic E-state index is 12.6. The predicted molar refractivity (Wildman–Crippen MR) is 108 cm³/mol. The fourth-order valence-corrected chi connectivity index (χ4v) is 3.79. The number of esters is 1. The standard InChI is InChI=1S/C20H24N2O6S/c1-14(2)22(3)29(25,26)16-9-7-8-15(12-16)20(24)28-13-19(23)21-17-10-5-6-11-18(17)27-4/h5-12,14H,13H2,1-4H3,(H,21,23). The number of para-hydroxylation sites is 2. The van der Waals surface area contributed by atoms with Crippen molar-refractivity contribution < 1.29 is 27.5 Å². The van der Waals surface area contributed by atoms with E-state index in [0.717, 1.165) is 0 Å². The largest absolute Gasteiger partial charge is 0.495 e. The van der Waals surface area contributed by atoms with Crippen molar-refractivity contribution in [3.63, 3.8) is 0 Å². The minimum absolute atomic E-state index is 0.0263. The van der Waals surface area contributed by atoms with Crippen molar-refractivity contribution in [1.29, 1.82) is 0 Å². The minimum atomic E-state index is -3.74. The van der Waals surface area contributed by atoms with Gasteiger partial charge in [0.15, 0.2) is 6.61 Å². The number of nitrogens with one attached hydrogen (secondary N) is 1. The summed E-state index contributed by atoms with van der Waals surface area (Å²) in [6, 6.07) is 12.1. The van der Waals surface area contributed by atoms with E-state index in [9.17, 15) is 18.0 Å². The lowest BCUT2D eigenvalue weighted by molar-refractivity contribution is -0.119. The van der Waals surface area contributed by atoms with Gasteiger partial charge in [-0.05, 0) is 44.2 Å². The molecule has 0 aliphatic carbocycles. The van der Waals surface area contributed by atoms with Gasteiger partial charge in [-0.15, -0.1) is 0 Å². The minimum Gasteiger partial charge on any atom is -0.495 e. The highest BCUT2D eigenvalue weighted by atomic mass is 32.2. The lowest BCUT2D eigenvalue weighted by atomic mass is 10.2. The lowest BCUT2D eigenvalue weighted by Crippen LogP contribution is -2.33. The van der Waals surface area contributed by atoms with E-state index in [4.69, 9.17) is 9.47 Å². The Morgan fingerprint density at radius 2 is 1.79 bits per heavy atom. The van der Waals surface area contributed by atoms with Crippen LogP contribution >= 0.6 is 0 Å². The highest BCUT2D eigenvalue weighted by Crippen LogP contribution is 2.23. The van der Waals surface area contributed by atoms with Crippen LogP contribution in [0.2, 0.25) is 0 Å². The normalized spacial score (nSPS) is 11.4. The highest BCUT2D eigenvalue weighted by Gasteiger charge is 2.24. The number of hydrogen-bond donors (Lipinski definition) is 1. The van der Waals surface area contributed by atoms with E-state index in [1.54, 1.807) is 38.1 Å². The van der Waals surface area contributed by atoms with E-state index in [-0.39, 0.29) is 16.5 Å². The fourth-order valence-electron chi connectivity index (χ4n) is 2.38. The lowest BCUT2D eigenvalue weighted by Gasteiger charge is -2.21. The SMILES string of the molecule is COc1ccccc1NC(=O)COC(=O)c1cccc(S(=O)(=O)N(C)C(C)C)c1. The molecule has 9 heteroatoms. The predicted octanol–water partition coefficient (Wildman–Crippen LogP) is 2.52. The van der Waals surface area contributed by atoms with Gasteiger partial charge in [-0.2, -0.15) is 4.31 Å². The summed E-state index contributed by atoms with van der Waals surface area (Å²) in [7, 11) is -0.801. The molecule has 0 bridgehead atoms. The molecule has 0 radical (unpaired) electrons. The zero-order chi connectivity index (χ0) is 21.6. The molecule has 8 nitrogen and oxygen atoms in total. The van der Waals surface area contributed by atoms with Gasteiger partial charge in [0.05, 0.1) is 23.3 Å². The van der Waals surface area contributed by atoms with Crippen LogP contribution < -0.4 is 10.1 Å². The van der Waals surface area contributed by atoms with Gasteiger partial charge in [0.1, 0.15) is 5.75 Å². The highest BCUT2D eigenvalue weighted by molar-refractivity contribution is 7.89. The molecule has 2 aromatic rings. The summed E-state index contributed by atoms with van der Waals surface area (Å²) in [5.41, 5.74) is 0.481. The fraction of sp³-hybridized carbons (Fsp3) is 0.300. The molecular weight excluding hydrogens is 396 g/mol. The first kappa shape index (κ1) is 22.4. The van der Waals surface area contributed by atoms with Crippen molar-refractivity contribution in [1.82, 2.24) is 4.31 Å². The monoisotopic (exact) mass is 420 g/mol. The number of nitrogens with zero attached hydrogens (tertiary/aromatic N) is 1. The number of benzene rings is 2. The quantitative estimate of drug-likeness (QED) is 0.659. The summed E-state index contributed by atoms with van der Waals surface area (Å²) in [4.78, 5) is 24.3. The van der Waals surface area contributed by atoms with Gasteiger partial charge in [0, 0.05) is 13.1 Å². The first-order valence-electron chi connectivity index (χ1n) is 8.85. The Labute approximate surface area is 170 Å². The zero-order valence-electron chi connectivity index (χ0n) is 16.7. The molecule has 0 unspecified atom stereocenters. The number of carbonyl (C=O) groups is 2. The van der Waals surface area contributed by atoms with E-state index >= 15 is 0 Å². The Kier molecular flexibility index (Phi) is 7.35. The molecule has 0 saturated heterocycles. The van der Waals surface area contributed by atoms with Crippen molar-refractivity contribution in [3.8, 4) is 5.75 Å². The van der Waals surface area contributed by atoms with Gasteiger partial charge in [0.25, 0.3) is 5.91 Å². The van der Waals surface area contributed by atoms with Gasteiger partial charge >= 0.3 is 5.97 Å². The molecule has 0 heterocycles. The van der Waals surface area contributed by atoms with Gasteiger partial charge in [-0.1, -0.05) is 18.2 Å². The maximum absolute atomic E-state index is 12.6. The molecule has 1 N–H and O–H groups in total. The maximum Gasteiger partial charge on any atom is 0.338 e. The number of methoxy groups -OCH3 is 1. The van der Waals surface area contributed by atoms with E-state index in [0.29, 0.717) is 11.4 Å². The van der Waals surface area contributed by atoms with Crippen molar-refractivity contribution >= 4 is 27.6 Å². The second kappa shape index (κ2) is 9.53. The summed E-state index contributed by atoms with van der Waals surface area (Å²) in [5, 5.41) is 2.59. The van der Waals surface area contributed by atoms with Crippen molar-refractivity contribution in [2.45, 2.75) is 24.8 Å². The topological polar surface area (TPSA) is 102 Å². The Morgan fingerprint density at radius 3 is 2.45 bits per heavy atom. The molecule has 0 spiro atoms. The van der Waals surface area contributed by atoms with Crippen molar-refractivity contribution in [3.05, 3.63) is 54.1 Å². The van der Waals surface area contributed by atoms with Crippen LogP contribution in [0.3, 0.4) is 0 Å². The van der Waals surface area contributed by atoms with Gasteiger partial charge in [-0.3, -0.25) is 4.79 Å². The number of anilines is 1. The number of amides is 1. The smallest absolute Gasteiger partial charge is 0.338 e. The zero-order valence-corrected chi connectivity index (χ0v) is 17.5. The van der Waals surface area contributed by atoms with Crippen LogP contribution in [0.1, 0.15) is 24.2 Å². The average Bonchev–Trinajstić information content (AvgIpc) is 2.71. The molecule has 2 rings (SSSR count). The molecule has 1 amide bonds. The van der Waals surface area contributed by atoms with Gasteiger partial charge in [-0.25, -0.2) is 13.2 Å². The molecule has 0 aromatic heterocycles. The van der Waals surface area contributed by atoms with Crippen molar-refractivity contribution in [2.75, 3.05) is 26.1 Å². The molecule has 0 aliphatic heterocycles. The molecule has 0 fully saturated rings.